The van der Waals surface area contributed by atoms with E-state index in [-0.39, 0.29) is 0 Å². The number of nitrogens with one attached hydrogen (secondary N) is 1. The molecule has 0 unspecified atom stereocenters. The number of hydrogen-bond donors (Lipinski definition) is 1. The molecule has 0 aliphatic heterocycles. The van der Waals surface area contributed by atoms with Crippen LogP contribution >= 0.6 is 12.2 Å². The summed E-state index contributed by atoms with van der Waals surface area (Å²) in [5.74, 6) is 0.801. The quantitative estimate of drug-likeness (QED) is 0.487. The van der Waals surface area contributed by atoms with Gasteiger partial charge in [-0.3, -0.25) is 0 Å². The summed E-state index contributed by atoms with van der Waals surface area (Å²) in [7, 11) is 0. The maximum Gasteiger partial charge on any atom is 0.159 e. The smallest absolute Gasteiger partial charge is 0.159 e. The van der Waals surface area contributed by atoms with Gasteiger partial charge in [-0.25, -0.2) is 9.66 Å². The molecule has 0 radical (unpaired) electrons. The Kier molecular flexibility index (Phi) is 7.03. The van der Waals surface area contributed by atoms with Crippen LogP contribution in [0.1, 0.15) is 58.4 Å². The molecule has 2 heterocycles. The fourth-order valence-corrected chi connectivity index (χ4v) is 3.15. The summed E-state index contributed by atoms with van der Waals surface area (Å²) in [4.78, 5) is 4.52. The average molecular weight is 332 g/mol. The Labute approximate surface area is 145 Å². The Morgan fingerprint density at radius 2 is 2.09 bits per heavy atom. The maximum atomic E-state index is 5.68. The van der Waals surface area contributed by atoms with Crippen molar-refractivity contribution in [2.45, 2.75) is 59.3 Å². The van der Waals surface area contributed by atoms with Crippen molar-refractivity contribution in [2.75, 3.05) is 12.0 Å². The molecule has 0 saturated heterocycles. The van der Waals surface area contributed by atoms with E-state index in [4.69, 9.17) is 12.2 Å². The molecular weight excluding hydrogens is 302 g/mol. The van der Waals surface area contributed by atoms with E-state index in [1.165, 1.54) is 31.2 Å². The minimum absolute atomic E-state index is 0.801. The lowest BCUT2D eigenvalue weighted by Crippen LogP contribution is -2.19. The van der Waals surface area contributed by atoms with Crippen molar-refractivity contribution in [3.8, 4) is 0 Å². The van der Waals surface area contributed by atoms with Gasteiger partial charge >= 0.3 is 0 Å². The standard InChI is InChI=1S/C19H29N3S/c1-4-9-17-14-16-11-8-12-20-18(16)22(19(17)23)21-13-7-5-6-10-15(2)3/h8,11-12,14-15,21H,4-7,9-10,13H2,1-3H3. The van der Waals surface area contributed by atoms with Crippen LogP contribution in [0.2, 0.25) is 0 Å². The number of rotatable bonds is 9. The summed E-state index contributed by atoms with van der Waals surface area (Å²) in [6.45, 7) is 7.70. The van der Waals surface area contributed by atoms with Gasteiger partial charge in [-0.1, -0.05) is 58.7 Å². The zero-order valence-corrected chi connectivity index (χ0v) is 15.5. The Balaban J connectivity index is 2.09. The third-order valence-electron chi connectivity index (χ3n) is 4.08. The molecule has 0 saturated carbocycles. The Morgan fingerprint density at radius 1 is 1.26 bits per heavy atom. The number of pyridine rings is 2. The largest absolute Gasteiger partial charge is 0.323 e. The summed E-state index contributed by atoms with van der Waals surface area (Å²) >= 11 is 5.68. The molecule has 2 aromatic rings. The number of fused-ring (bicyclic) bond motifs is 1. The Bertz CT molecular complexity index is 676. The van der Waals surface area contributed by atoms with Crippen molar-refractivity contribution in [3.63, 3.8) is 0 Å². The van der Waals surface area contributed by atoms with Gasteiger partial charge in [0.25, 0.3) is 0 Å². The molecule has 3 nitrogen and oxygen atoms in total. The Morgan fingerprint density at radius 3 is 2.83 bits per heavy atom. The topological polar surface area (TPSA) is 29.9 Å². The Hall–Kier alpha value is -1.42. The van der Waals surface area contributed by atoms with E-state index in [0.29, 0.717) is 0 Å². The summed E-state index contributed by atoms with van der Waals surface area (Å²) in [5.41, 5.74) is 5.65. The van der Waals surface area contributed by atoms with Gasteiger partial charge in [0.2, 0.25) is 0 Å². The first kappa shape index (κ1) is 17.9. The predicted molar refractivity (Wildman–Crippen MR) is 102 cm³/mol. The summed E-state index contributed by atoms with van der Waals surface area (Å²) in [5, 5.41) is 1.15. The second-order valence-corrected chi connectivity index (χ2v) is 7.01. The lowest BCUT2D eigenvalue weighted by molar-refractivity contribution is 0.528. The first-order chi connectivity index (χ1) is 11.1. The molecule has 2 aromatic heterocycles. The second kappa shape index (κ2) is 9.02. The fourth-order valence-electron chi connectivity index (χ4n) is 2.84. The third kappa shape index (κ3) is 5.03. The van der Waals surface area contributed by atoms with Crippen LogP contribution in [0.25, 0.3) is 11.0 Å². The van der Waals surface area contributed by atoms with E-state index in [9.17, 15) is 0 Å². The van der Waals surface area contributed by atoms with Crippen molar-refractivity contribution in [1.82, 2.24) is 9.66 Å². The molecule has 2 rings (SSSR count). The highest BCUT2D eigenvalue weighted by Gasteiger charge is 2.06. The minimum atomic E-state index is 0.801. The van der Waals surface area contributed by atoms with Crippen molar-refractivity contribution in [2.24, 2.45) is 5.92 Å². The van der Waals surface area contributed by atoms with Gasteiger partial charge in [0.05, 0.1) is 0 Å². The van der Waals surface area contributed by atoms with Crippen LogP contribution in [0.15, 0.2) is 24.4 Å². The average Bonchev–Trinajstić information content (AvgIpc) is 2.53. The van der Waals surface area contributed by atoms with Crippen LogP contribution in [0, 0.1) is 10.6 Å². The van der Waals surface area contributed by atoms with E-state index in [2.05, 4.69) is 43.3 Å². The van der Waals surface area contributed by atoms with Crippen LogP contribution in [0.5, 0.6) is 0 Å². The zero-order valence-electron chi connectivity index (χ0n) is 14.6. The number of nitrogens with zero attached hydrogens (tertiary/aromatic N) is 2. The number of aryl methyl sites for hydroxylation is 1. The van der Waals surface area contributed by atoms with Crippen molar-refractivity contribution < 1.29 is 0 Å². The van der Waals surface area contributed by atoms with Crippen LogP contribution in [-0.2, 0) is 6.42 Å². The fraction of sp³-hybridized carbons (Fsp3) is 0.579. The van der Waals surface area contributed by atoms with E-state index in [1.54, 1.807) is 0 Å². The number of hydrogen-bond acceptors (Lipinski definition) is 3. The van der Waals surface area contributed by atoms with Gasteiger partial charge < -0.3 is 5.43 Å². The van der Waals surface area contributed by atoms with E-state index in [0.717, 1.165) is 41.0 Å². The molecule has 126 valence electrons. The molecule has 0 amide bonds. The van der Waals surface area contributed by atoms with E-state index >= 15 is 0 Å². The molecule has 0 aliphatic rings. The highest BCUT2D eigenvalue weighted by molar-refractivity contribution is 7.71. The van der Waals surface area contributed by atoms with Gasteiger partial charge in [-0.2, -0.15) is 0 Å². The summed E-state index contributed by atoms with van der Waals surface area (Å²) < 4.78 is 2.89. The molecule has 0 atom stereocenters. The van der Waals surface area contributed by atoms with Gasteiger partial charge in [0.15, 0.2) is 5.65 Å². The van der Waals surface area contributed by atoms with E-state index < -0.39 is 0 Å². The van der Waals surface area contributed by atoms with Gasteiger partial charge in [-0.05, 0) is 42.5 Å². The lowest BCUT2D eigenvalue weighted by atomic mass is 10.1. The van der Waals surface area contributed by atoms with Crippen LogP contribution in [0.4, 0.5) is 0 Å². The lowest BCUT2D eigenvalue weighted by Gasteiger charge is -2.15. The molecule has 0 aliphatic carbocycles. The monoisotopic (exact) mass is 331 g/mol. The van der Waals surface area contributed by atoms with Crippen LogP contribution in [0.3, 0.4) is 0 Å². The second-order valence-electron chi connectivity index (χ2n) is 6.63. The molecule has 0 aromatic carbocycles. The van der Waals surface area contributed by atoms with Gasteiger partial charge in [0, 0.05) is 18.1 Å². The molecule has 0 bridgehead atoms. The highest BCUT2D eigenvalue weighted by atomic mass is 32.1. The summed E-state index contributed by atoms with van der Waals surface area (Å²) in [6, 6.07) is 6.28. The van der Waals surface area contributed by atoms with Crippen molar-refractivity contribution >= 4 is 23.3 Å². The van der Waals surface area contributed by atoms with Gasteiger partial charge in [0.1, 0.15) is 4.64 Å². The molecule has 0 fully saturated rings. The maximum absolute atomic E-state index is 5.68. The summed E-state index contributed by atoms with van der Waals surface area (Å²) in [6.07, 6.45) is 9.00. The normalized spacial score (nSPS) is 11.3. The molecule has 0 spiro atoms. The van der Waals surface area contributed by atoms with Gasteiger partial charge in [-0.15, -0.1) is 0 Å². The van der Waals surface area contributed by atoms with Crippen LogP contribution < -0.4 is 5.43 Å². The number of aromatic nitrogens is 2. The molecular formula is C19H29N3S. The molecule has 1 N–H and O–H groups in total. The minimum Gasteiger partial charge on any atom is -0.323 e. The van der Waals surface area contributed by atoms with E-state index in [1.807, 2.05) is 16.9 Å². The van der Waals surface area contributed by atoms with Crippen molar-refractivity contribution in [1.29, 1.82) is 0 Å². The first-order valence-electron chi connectivity index (χ1n) is 8.87. The zero-order chi connectivity index (χ0) is 16.7. The first-order valence-corrected chi connectivity index (χ1v) is 9.27. The molecule has 4 heteroatoms. The number of unbranched alkanes of at least 4 members (excludes halogenated alkanes) is 2. The SMILES string of the molecule is CCCc1cc2cccnc2n(NCCCCCC(C)C)c1=S. The van der Waals surface area contributed by atoms with Crippen molar-refractivity contribution in [3.05, 3.63) is 34.6 Å². The van der Waals surface area contributed by atoms with Crippen LogP contribution in [-0.4, -0.2) is 16.2 Å². The highest BCUT2D eigenvalue weighted by Crippen LogP contribution is 2.17. The predicted octanol–water partition coefficient (Wildman–Crippen LogP) is 5.48. The third-order valence-corrected chi connectivity index (χ3v) is 4.53. The molecule has 23 heavy (non-hydrogen) atoms.